The Hall–Kier alpha value is -2.21. The van der Waals surface area contributed by atoms with E-state index in [0.29, 0.717) is 26.2 Å². The highest BCUT2D eigenvalue weighted by Crippen LogP contribution is 2.36. The van der Waals surface area contributed by atoms with Crippen molar-refractivity contribution in [2.24, 2.45) is 0 Å². The molecule has 5 heteroatoms. The normalized spacial score (nSPS) is 23.3. The first kappa shape index (κ1) is 21.5. The first-order valence-electron chi connectivity index (χ1n) is 10.2. The van der Waals surface area contributed by atoms with Gasteiger partial charge in [-0.1, -0.05) is 60.7 Å². The molecule has 2 aromatic carbocycles. The lowest BCUT2D eigenvalue weighted by Gasteiger charge is -2.55. The maximum absolute atomic E-state index is 12.3. The molecule has 0 spiro atoms. The molecule has 0 N–H and O–H groups in total. The van der Waals surface area contributed by atoms with E-state index in [9.17, 15) is 9.90 Å². The quantitative estimate of drug-likeness (QED) is 0.729. The van der Waals surface area contributed by atoms with Crippen molar-refractivity contribution in [3.05, 3.63) is 71.8 Å². The smallest absolute Gasteiger partial charge is 0.257 e. The minimum absolute atomic E-state index is 0.0430. The summed E-state index contributed by atoms with van der Waals surface area (Å²) in [5.41, 5.74) is 1.94. The molecule has 0 aromatic heterocycles. The third-order valence-corrected chi connectivity index (χ3v) is 6.29. The monoisotopic (exact) mass is 396 g/mol. The first-order valence-corrected chi connectivity index (χ1v) is 10.2. The minimum Gasteiger partial charge on any atom is -0.498 e. The summed E-state index contributed by atoms with van der Waals surface area (Å²) in [6.07, 6.45) is -1.01. The van der Waals surface area contributed by atoms with Crippen LogP contribution in [0.25, 0.3) is 0 Å². The zero-order valence-corrected chi connectivity index (χ0v) is 17.9. The number of amides is 1. The average Bonchev–Trinajstić information content (AvgIpc) is 2.70. The highest BCUT2D eigenvalue weighted by Gasteiger charge is 2.50. The van der Waals surface area contributed by atoms with Crippen LogP contribution in [0, 0.1) is 0 Å². The number of hydrogen-bond acceptors (Lipinski definition) is 4. The summed E-state index contributed by atoms with van der Waals surface area (Å²) in [4.78, 5) is 14.7. The van der Waals surface area contributed by atoms with Crippen LogP contribution in [0.2, 0.25) is 0 Å². The van der Waals surface area contributed by atoms with Crippen LogP contribution in [0.1, 0.15) is 37.9 Å². The van der Waals surface area contributed by atoms with Crippen LogP contribution < -0.4 is 5.11 Å². The van der Waals surface area contributed by atoms with Crippen LogP contribution in [0.5, 0.6) is 0 Å². The van der Waals surface area contributed by atoms with Gasteiger partial charge in [-0.05, 0) is 31.9 Å². The van der Waals surface area contributed by atoms with Crippen molar-refractivity contribution in [1.29, 1.82) is 0 Å². The highest BCUT2D eigenvalue weighted by molar-refractivity contribution is 5.55. The van der Waals surface area contributed by atoms with E-state index in [1.165, 1.54) is 11.1 Å². The summed E-state index contributed by atoms with van der Waals surface area (Å²) < 4.78 is 5.49. The Morgan fingerprint density at radius 1 is 1.10 bits per heavy atom. The second kappa shape index (κ2) is 8.66. The van der Waals surface area contributed by atoms with Gasteiger partial charge < -0.3 is 14.6 Å². The van der Waals surface area contributed by atoms with Crippen molar-refractivity contribution in [2.75, 3.05) is 33.4 Å². The third kappa shape index (κ3) is 4.22. The fraction of sp³-hybridized carbons (Fsp3) is 0.458. The van der Waals surface area contributed by atoms with Crippen LogP contribution in [0.15, 0.2) is 60.7 Å². The number of carboxylic acid groups (broad SMARTS) is 1. The highest BCUT2D eigenvalue weighted by atomic mass is 16.5. The molecular formula is C24H32N2O3. The van der Waals surface area contributed by atoms with E-state index in [-0.39, 0.29) is 16.6 Å². The Labute approximate surface area is 174 Å². The Morgan fingerprint density at radius 3 is 2.03 bits per heavy atom. The van der Waals surface area contributed by atoms with E-state index in [0.717, 1.165) is 0 Å². The number of benzene rings is 2. The first-order chi connectivity index (χ1) is 13.8. The summed E-state index contributed by atoms with van der Waals surface area (Å²) >= 11 is 0. The van der Waals surface area contributed by atoms with Crippen molar-refractivity contribution >= 4 is 6.09 Å². The number of carbonyl (C=O) groups is 1. The Morgan fingerprint density at radius 2 is 1.62 bits per heavy atom. The van der Waals surface area contributed by atoms with Crippen LogP contribution in [-0.2, 0) is 4.74 Å². The standard InChI is InChI=1S/C24H32N2O3/c1-24(2,3)26(23(27)28)16-15-25(21(17-26)18-29-4)22(19-11-7-5-8-12-19)20-13-9-6-10-14-20/h5-14,21-22H,15-18H2,1-4H3. The van der Waals surface area contributed by atoms with Crippen LogP contribution in [0.3, 0.4) is 0 Å². The third-order valence-electron chi connectivity index (χ3n) is 6.29. The molecule has 1 heterocycles. The molecule has 0 aliphatic carbocycles. The number of ether oxygens (including phenoxy) is 1. The molecule has 0 radical (unpaired) electrons. The molecule has 2 atom stereocenters. The van der Waals surface area contributed by atoms with Crippen molar-refractivity contribution < 1.29 is 19.1 Å². The largest absolute Gasteiger partial charge is 0.498 e. The van der Waals surface area contributed by atoms with Crippen molar-refractivity contribution in [1.82, 2.24) is 4.90 Å². The minimum atomic E-state index is -1.01. The number of methoxy groups -OCH3 is 1. The molecule has 156 valence electrons. The summed E-state index contributed by atoms with van der Waals surface area (Å²) in [6, 6.07) is 20.8. The topological polar surface area (TPSA) is 52.6 Å². The van der Waals surface area contributed by atoms with Gasteiger partial charge in [0.1, 0.15) is 6.54 Å². The van der Waals surface area contributed by atoms with E-state index in [4.69, 9.17) is 4.74 Å². The van der Waals surface area contributed by atoms with Crippen molar-refractivity contribution in [2.45, 2.75) is 38.4 Å². The number of rotatable bonds is 5. The van der Waals surface area contributed by atoms with Gasteiger partial charge in [-0.25, -0.2) is 0 Å². The fourth-order valence-corrected chi connectivity index (χ4v) is 4.60. The van der Waals surface area contributed by atoms with E-state index >= 15 is 0 Å². The lowest BCUT2D eigenvalue weighted by Crippen LogP contribution is -2.75. The van der Waals surface area contributed by atoms with Crippen molar-refractivity contribution in [3.8, 4) is 0 Å². The predicted molar refractivity (Wildman–Crippen MR) is 112 cm³/mol. The van der Waals surface area contributed by atoms with Crippen molar-refractivity contribution in [3.63, 3.8) is 0 Å². The summed E-state index contributed by atoms with van der Waals surface area (Å²) in [7, 11) is 1.68. The molecule has 3 rings (SSSR count). The number of hydrogen-bond donors (Lipinski definition) is 0. The fourth-order valence-electron chi connectivity index (χ4n) is 4.60. The molecule has 1 saturated heterocycles. The zero-order chi connectivity index (χ0) is 21.1. The summed E-state index contributed by atoms with van der Waals surface area (Å²) in [6.45, 7) is 8.02. The number of nitrogens with zero attached hydrogens (tertiary/aromatic N) is 2. The molecular weight excluding hydrogens is 364 g/mol. The van der Waals surface area contributed by atoms with E-state index in [1.54, 1.807) is 7.11 Å². The second-order valence-electron chi connectivity index (χ2n) is 8.88. The maximum Gasteiger partial charge on any atom is 0.257 e. The Balaban J connectivity index is 2.03. The Bertz CT molecular complexity index is 764. The lowest BCUT2D eigenvalue weighted by molar-refractivity contribution is -0.926. The van der Waals surface area contributed by atoms with Gasteiger partial charge in [-0.15, -0.1) is 0 Å². The molecule has 1 fully saturated rings. The predicted octanol–water partition coefficient (Wildman–Crippen LogP) is 3.07. The number of carbonyl (C=O) groups excluding carboxylic acids is 1. The molecule has 0 bridgehead atoms. The summed E-state index contributed by atoms with van der Waals surface area (Å²) in [5.74, 6) is 0. The van der Waals surface area contributed by atoms with E-state index < -0.39 is 11.6 Å². The second-order valence-corrected chi connectivity index (χ2v) is 8.88. The number of quaternary nitrogens is 1. The molecule has 0 saturated carbocycles. The molecule has 1 aliphatic rings. The van der Waals surface area contributed by atoms with Gasteiger partial charge >= 0.3 is 0 Å². The Kier molecular flexibility index (Phi) is 6.42. The van der Waals surface area contributed by atoms with Gasteiger partial charge in [0.2, 0.25) is 0 Å². The average molecular weight is 397 g/mol. The van der Waals surface area contributed by atoms with E-state index in [1.807, 2.05) is 32.9 Å². The van der Waals surface area contributed by atoms with Gasteiger partial charge in [0.05, 0.1) is 30.8 Å². The molecule has 2 aromatic rings. The number of piperazine rings is 1. The van der Waals surface area contributed by atoms with Crippen LogP contribution >= 0.6 is 0 Å². The lowest BCUT2D eigenvalue weighted by atomic mass is 9.92. The zero-order valence-electron chi connectivity index (χ0n) is 17.9. The summed E-state index contributed by atoms with van der Waals surface area (Å²) in [5, 5.41) is 12.3. The van der Waals surface area contributed by atoms with Crippen LogP contribution in [-0.4, -0.2) is 60.4 Å². The molecule has 29 heavy (non-hydrogen) atoms. The van der Waals surface area contributed by atoms with Gasteiger partial charge in [0.25, 0.3) is 6.09 Å². The maximum atomic E-state index is 12.3. The van der Waals surface area contributed by atoms with Gasteiger partial charge in [0.15, 0.2) is 0 Å². The molecule has 2 unspecified atom stereocenters. The van der Waals surface area contributed by atoms with Crippen LogP contribution in [0.4, 0.5) is 4.79 Å². The SMILES string of the molecule is COCC1C[N+](C(=O)[O-])(C(C)(C)C)CCN1C(c1ccccc1)c1ccccc1. The molecule has 1 amide bonds. The van der Waals surface area contributed by atoms with E-state index in [2.05, 4.69) is 53.4 Å². The molecule has 1 aliphatic heterocycles. The molecule has 5 nitrogen and oxygen atoms in total. The van der Waals surface area contributed by atoms with Gasteiger partial charge in [-0.3, -0.25) is 9.38 Å². The van der Waals surface area contributed by atoms with Gasteiger partial charge in [-0.2, -0.15) is 0 Å². The van der Waals surface area contributed by atoms with Gasteiger partial charge in [0, 0.05) is 13.7 Å².